The monoisotopic (exact) mass is 492 g/mol. The Morgan fingerprint density at radius 1 is 0.871 bits per heavy atom. The first-order valence-corrected chi connectivity index (χ1v) is 11.1. The lowest BCUT2D eigenvalue weighted by Gasteiger charge is -2.06. The van der Waals surface area contributed by atoms with Crippen LogP contribution in [0.4, 0.5) is 5.13 Å². The van der Waals surface area contributed by atoms with Crippen LogP contribution < -0.4 is 5.32 Å². The summed E-state index contributed by atoms with van der Waals surface area (Å²) >= 11 is 4.61. The van der Waals surface area contributed by atoms with E-state index in [1.54, 1.807) is 24.3 Å². The van der Waals surface area contributed by atoms with Gasteiger partial charge in [-0.15, -0.1) is 11.3 Å². The van der Waals surface area contributed by atoms with Crippen molar-refractivity contribution in [3.05, 3.63) is 94.3 Å². The molecule has 1 aromatic heterocycles. The summed E-state index contributed by atoms with van der Waals surface area (Å²) in [4.78, 5) is 28.7. The van der Waals surface area contributed by atoms with Crippen molar-refractivity contribution in [2.45, 2.75) is 0 Å². The fourth-order valence-corrected chi connectivity index (χ4v) is 4.10. The summed E-state index contributed by atoms with van der Waals surface area (Å²) in [6.45, 7) is -0.388. The zero-order valence-electron chi connectivity index (χ0n) is 16.2. The Morgan fingerprint density at radius 2 is 1.52 bits per heavy atom. The molecular weight excluding hydrogens is 476 g/mol. The van der Waals surface area contributed by atoms with Crippen molar-refractivity contribution >= 4 is 44.3 Å². The van der Waals surface area contributed by atoms with Gasteiger partial charge in [0.15, 0.2) is 11.7 Å². The van der Waals surface area contributed by atoms with Crippen molar-refractivity contribution in [1.82, 2.24) is 4.98 Å². The summed E-state index contributed by atoms with van der Waals surface area (Å²) in [5.41, 5.74) is 4.37. The van der Waals surface area contributed by atoms with Crippen LogP contribution in [0.5, 0.6) is 0 Å². The predicted octanol–water partition coefficient (Wildman–Crippen LogP) is 6.04. The maximum absolute atomic E-state index is 12.1. The first-order chi connectivity index (χ1) is 15.1. The van der Waals surface area contributed by atoms with Crippen molar-refractivity contribution in [2.75, 3.05) is 11.9 Å². The molecule has 0 fully saturated rings. The number of carbonyl (C=O) groups is 2. The quantitative estimate of drug-likeness (QED) is 0.333. The van der Waals surface area contributed by atoms with Gasteiger partial charge in [-0.2, -0.15) is 0 Å². The Hall–Kier alpha value is -3.29. The molecule has 0 spiro atoms. The van der Waals surface area contributed by atoms with Crippen LogP contribution >= 0.6 is 27.3 Å². The Morgan fingerprint density at radius 3 is 2.26 bits per heavy atom. The van der Waals surface area contributed by atoms with Gasteiger partial charge in [-0.3, -0.25) is 10.1 Å². The SMILES string of the molecule is O=C(COC(=O)c1ccccc1Br)Nc1nc(-c2ccc(-c3ccccc3)cc2)cs1. The number of nitrogens with one attached hydrogen (secondary N) is 1. The standard InChI is InChI=1S/C24H17BrN2O3S/c25-20-9-5-4-8-19(20)23(29)30-14-22(28)27-24-26-21(15-31-24)18-12-10-17(11-13-18)16-6-2-1-3-7-16/h1-13,15H,14H2,(H,26,27,28). The fourth-order valence-electron chi connectivity index (χ4n) is 2.92. The molecule has 0 atom stereocenters. The summed E-state index contributed by atoms with van der Waals surface area (Å²) in [6, 6.07) is 25.1. The second-order valence-corrected chi connectivity index (χ2v) is 8.30. The molecule has 1 amide bonds. The van der Waals surface area contributed by atoms with E-state index in [-0.39, 0.29) is 6.61 Å². The van der Waals surface area contributed by atoms with E-state index in [9.17, 15) is 9.59 Å². The molecule has 0 saturated heterocycles. The van der Waals surface area contributed by atoms with Crippen molar-refractivity contribution < 1.29 is 14.3 Å². The average molecular weight is 493 g/mol. The number of esters is 1. The number of anilines is 1. The maximum atomic E-state index is 12.1. The lowest BCUT2D eigenvalue weighted by atomic mass is 10.0. The van der Waals surface area contributed by atoms with Gasteiger partial charge in [-0.25, -0.2) is 9.78 Å². The van der Waals surface area contributed by atoms with E-state index < -0.39 is 11.9 Å². The number of benzene rings is 3. The molecule has 1 N–H and O–H groups in total. The Bertz CT molecular complexity index is 1210. The van der Waals surface area contributed by atoms with E-state index in [1.807, 2.05) is 47.8 Å². The summed E-state index contributed by atoms with van der Waals surface area (Å²) in [7, 11) is 0. The van der Waals surface area contributed by atoms with E-state index in [4.69, 9.17) is 4.74 Å². The second-order valence-electron chi connectivity index (χ2n) is 6.59. The highest BCUT2D eigenvalue weighted by Gasteiger charge is 2.14. The zero-order chi connectivity index (χ0) is 21.6. The van der Waals surface area contributed by atoms with Gasteiger partial charge in [0.05, 0.1) is 11.3 Å². The van der Waals surface area contributed by atoms with E-state index in [0.717, 1.165) is 22.4 Å². The summed E-state index contributed by atoms with van der Waals surface area (Å²) < 4.78 is 5.70. The lowest BCUT2D eigenvalue weighted by molar-refractivity contribution is -0.119. The molecule has 0 saturated carbocycles. The number of nitrogens with zero attached hydrogens (tertiary/aromatic N) is 1. The van der Waals surface area contributed by atoms with Crippen molar-refractivity contribution in [3.63, 3.8) is 0 Å². The lowest BCUT2D eigenvalue weighted by Crippen LogP contribution is -2.21. The van der Waals surface area contributed by atoms with E-state index >= 15 is 0 Å². The molecule has 5 nitrogen and oxygen atoms in total. The highest BCUT2D eigenvalue weighted by atomic mass is 79.9. The van der Waals surface area contributed by atoms with Gasteiger partial charge in [0.1, 0.15) is 0 Å². The Kier molecular flexibility index (Phi) is 6.54. The molecule has 154 valence electrons. The summed E-state index contributed by atoms with van der Waals surface area (Å²) in [5.74, 6) is -1.01. The third-order valence-electron chi connectivity index (χ3n) is 4.47. The number of hydrogen-bond acceptors (Lipinski definition) is 5. The predicted molar refractivity (Wildman–Crippen MR) is 126 cm³/mol. The van der Waals surface area contributed by atoms with Crippen LogP contribution in [0.3, 0.4) is 0 Å². The average Bonchev–Trinajstić information content (AvgIpc) is 3.27. The molecule has 1 heterocycles. The van der Waals surface area contributed by atoms with Crippen molar-refractivity contribution in [1.29, 1.82) is 0 Å². The molecule has 3 aromatic carbocycles. The topological polar surface area (TPSA) is 68.3 Å². The van der Waals surface area contributed by atoms with Gasteiger partial charge in [0.2, 0.25) is 0 Å². The number of amides is 1. The van der Waals surface area contributed by atoms with Crippen LogP contribution in [0.15, 0.2) is 88.7 Å². The fraction of sp³-hybridized carbons (Fsp3) is 0.0417. The smallest absolute Gasteiger partial charge is 0.339 e. The second kappa shape index (κ2) is 9.68. The number of thiazole rings is 1. The molecule has 0 aliphatic carbocycles. The third-order valence-corrected chi connectivity index (χ3v) is 5.92. The molecule has 31 heavy (non-hydrogen) atoms. The highest BCUT2D eigenvalue weighted by molar-refractivity contribution is 9.10. The number of hydrogen-bond donors (Lipinski definition) is 1. The normalized spacial score (nSPS) is 10.5. The maximum Gasteiger partial charge on any atom is 0.339 e. The van der Waals surface area contributed by atoms with E-state index in [1.165, 1.54) is 11.3 Å². The Balaban J connectivity index is 1.35. The molecule has 7 heteroatoms. The van der Waals surface area contributed by atoms with Crippen LogP contribution in [0.25, 0.3) is 22.4 Å². The summed E-state index contributed by atoms with van der Waals surface area (Å²) in [5, 5.41) is 4.99. The molecule has 0 aliphatic heterocycles. The van der Waals surface area contributed by atoms with E-state index in [2.05, 4.69) is 38.4 Å². The first kappa shape index (κ1) is 21.0. The minimum Gasteiger partial charge on any atom is -0.452 e. The van der Waals surface area contributed by atoms with Crippen LogP contribution in [-0.4, -0.2) is 23.5 Å². The number of ether oxygens (including phenoxy) is 1. The van der Waals surface area contributed by atoms with Crippen LogP contribution in [0.2, 0.25) is 0 Å². The van der Waals surface area contributed by atoms with Crippen LogP contribution in [0, 0.1) is 0 Å². The molecular formula is C24H17BrN2O3S. The molecule has 0 bridgehead atoms. The Labute approximate surface area is 191 Å². The van der Waals surface area contributed by atoms with Gasteiger partial charge >= 0.3 is 5.97 Å². The number of carbonyl (C=O) groups excluding carboxylic acids is 2. The van der Waals surface area contributed by atoms with Gasteiger partial charge in [0, 0.05) is 15.4 Å². The van der Waals surface area contributed by atoms with Crippen LogP contribution in [-0.2, 0) is 9.53 Å². The third kappa shape index (κ3) is 5.25. The highest BCUT2D eigenvalue weighted by Crippen LogP contribution is 2.27. The molecule has 4 aromatic rings. The van der Waals surface area contributed by atoms with E-state index in [0.29, 0.717) is 15.2 Å². The first-order valence-electron chi connectivity index (χ1n) is 9.43. The molecule has 0 aliphatic rings. The molecule has 0 unspecified atom stereocenters. The molecule has 0 radical (unpaired) electrons. The number of aromatic nitrogens is 1. The zero-order valence-corrected chi connectivity index (χ0v) is 18.7. The van der Waals surface area contributed by atoms with Gasteiger partial charge in [0.25, 0.3) is 5.91 Å². The van der Waals surface area contributed by atoms with Gasteiger partial charge in [-0.1, -0.05) is 66.7 Å². The minimum atomic E-state index is -0.569. The van der Waals surface area contributed by atoms with Crippen molar-refractivity contribution in [3.8, 4) is 22.4 Å². The largest absolute Gasteiger partial charge is 0.452 e. The van der Waals surface area contributed by atoms with Crippen LogP contribution in [0.1, 0.15) is 10.4 Å². The van der Waals surface area contributed by atoms with Gasteiger partial charge < -0.3 is 4.74 Å². The number of rotatable bonds is 6. The number of halogens is 1. The van der Waals surface area contributed by atoms with Gasteiger partial charge in [-0.05, 0) is 39.2 Å². The summed E-state index contributed by atoms with van der Waals surface area (Å²) in [6.07, 6.45) is 0. The molecule has 4 rings (SSSR count). The minimum absolute atomic E-state index is 0.366. The van der Waals surface area contributed by atoms with Crippen molar-refractivity contribution in [2.24, 2.45) is 0 Å².